The predicted octanol–water partition coefficient (Wildman–Crippen LogP) is 3.88. The van der Waals surface area contributed by atoms with Gasteiger partial charge in [0.05, 0.1) is 10.8 Å². The van der Waals surface area contributed by atoms with Gasteiger partial charge in [0, 0.05) is 6.20 Å². The van der Waals surface area contributed by atoms with Crippen molar-refractivity contribution in [2.45, 2.75) is 72.8 Å². The van der Waals surface area contributed by atoms with Crippen LogP contribution in [-0.4, -0.2) is 42.7 Å². The topological polar surface area (TPSA) is 86.1 Å². The fraction of sp³-hybridized carbons (Fsp3) is 0.500. The number of hydrogen-bond acceptors (Lipinski definition) is 6. The van der Waals surface area contributed by atoms with Crippen LogP contribution in [0.2, 0.25) is 39.3 Å². The Morgan fingerprint density at radius 3 is 2.21 bits per heavy atom. The number of esters is 1. The minimum absolute atomic E-state index is 0.215. The van der Waals surface area contributed by atoms with Gasteiger partial charge >= 0.3 is 5.97 Å². The maximum absolute atomic E-state index is 13.2. The average Bonchev–Trinajstić information content (AvgIpc) is 2.67. The monoisotopic (exact) mass is 482 g/mol. The normalized spacial score (nSPS) is 11.9. The Morgan fingerprint density at radius 2 is 1.70 bits per heavy atom. The first-order valence-electron chi connectivity index (χ1n) is 10.9. The highest BCUT2D eigenvalue weighted by atomic mass is 28.3. The van der Waals surface area contributed by atoms with Gasteiger partial charge < -0.3 is 10.1 Å². The number of ether oxygens (including phenoxy) is 1. The molecule has 0 spiro atoms. The fourth-order valence-corrected chi connectivity index (χ4v) is 3.59. The first kappa shape index (κ1) is 26.4. The summed E-state index contributed by atoms with van der Waals surface area (Å²) in [6.07, 6.45) is 1.58. The number of rotatable bonds is 4. The second-order valence-electron chi connectivity index (χ2n) is 11.0. The summed E-state index contributed by atoms with van der Waals surface area (Å²) >= 11 is 0. The molecule has 0 aliphatic rings. The minimum Gasteiger partial charge on any atom is -0.443 e. The van der Waals surface area contributed by atoms with Crippen molar-refractivity contribution in [1.82, 2.24) is 14.5 Å². The van der Waals surface area contributed by atoms with Crippen LogP contribution >= 0.6 is 0 Å². The second-order valence-corrected chi connectivity index (χ2v) is 20.5. The molecule has 0 aromatic carbocycles. The van der Waals surface area contributed by atoms with Crippen LogP contribution in [0.5, 0.6) is 0 Å². The quantitative estimate of drug-likeness (QED) is 0.404. The Hall–Kier alpha value is -2.89. The maximum atomic E-state index is 13.2. The van der Waals surface area contributed by atoms with E-state index in [9.17, 15) is 9.59 Å². The average molecular weight is 483 g/mol. The number of anilines is 1. The number of carbonyl (C=O) groups is 1. The fourth-order valence-electron chi connectivity index (χ4n) is 2.44. The van der Waals surface area contributed by atoms with E-state index < -0.39 is 33.6 Å². The zero-order valence-corrected chi connectivity index (χ0v) is 23.1. The molecule has 9 heteroatoms. The summed E-state index contributed by atoms with van der Waals surface area (Å²) in [5.74, 6) is 6.26. The highest BCUT2D eigenvalue weighted by molar-refractivity contribution is 6.84. The zero-order valence-electron chi connectivity index (χ0n) is 21.1. The van der Waals surface area contributed by atoms with Crippen LogP contribution in [0.3, 0.4) is 0 Å². The number of hydrogen-bond donors (Lipinski definition) is 1. The molecule has 2 aromatic rings. The van der Waals surface area contributed by atoms with Gasteiger partial charge in [0.1, 0.15) is 16.1 Å². The van der Waals surface area contributed by atoms with Crippen LogP contribution in [0.4, 0.5) is 5.95 Å². The lowest BCUT2D eigenvalue weighted by atomic mass is 9.98. The third kappa shape index (κ3) is 8.19. The highest BCUT2D eigenvalue weighted by Gasteiger charge is 2.24. The first-order valence-corrected chi connectivity index (χ1v) is 17.9. The van der Waals surface area contributed by atoms with E-state index >= 15 is 0 Å². The van der Waals surface area contributed by atoms with Crippen LogP contribution in [0.25, 0.3) is 11.0 Å². The molecule has 2 rings (SSSR count). The van der Waals surface area contributed by atoms with Crippen molar-refractivity contribution >= 4 is 39.1 Å². The van der Waals surface area contributed by atoms with Gasteiger partial charge in [-0.1, -0.05) is 51.1 Å². The van der Waals surface area contributed by atoms with E-state index in [1.54, 1.807) is 39.1 Å². The lowest BCUT2D eigenvalue weighted by molar-refractivity contribution is -0.157. The molecule has 0 bridgehead atoms. The van der Waals surface area contributed by atoms with Crippen molar-refractivity contribution in [2.24, 2.45) is 5.41 Å². The van der Waals surface area contributed by atoms with Crippen molar-refractivity contribution in [1.29, 1.82) is 0 Å². The molecule has 2 heterocycles. The number of fused-ring (bicyclic) bond motifs is 1. The van der Waals surface area contributed by atoms with Crippen LogP contribution in [0, 0.1) is 28.3 Å². The molecule has 33 heavy (non-hydrogen) atoms. The number of carbonyl (C=O) groups excluding carboxylic acids is 1. The summed E-state index contributed by atoms with van der Waals surface area (Å²) in [5, 5.41) is 3.55. The molecular formula is C24H34N4O3Si2. The molecule has 0 saturated carbocycles. The van der Waals surface area contributed by atoms with E-state index in [4.69, 9.17) is 4.74 Å². The largest absolute Gasteiger partial charge is 0.443 e. The Balaban J connectivity index is 2.58. The molecule has 0 fully saturated rings. The maximum Gasteiger partial charge on any atom is 0.312 e. The third-order valence-corrected chi connectivity index (χ3v) is 5.91. The van der Waals surface area contributed by atoms with Crippen molar-refractivity contribution in [3.05, 3.63) is 28.7 Å². The van der Waals surface area contributed by atoms with Gasteiger partial charge in [-0.2, -0.15) is 4.98 Å². The molecule has 0 aliphatic carbocycles. The van der Waals surface area contributed by atoms with Gasteiger partial charge in [-0.3, -0.25) is 9.59 Å². The molecular weight excluding hydrogens is 448 g/mol. The Kier molecular flexibility index (Phi) is 7.94. The van der Waals surface area contributed by atoms with E-state index in [2.05, 4.69) is 77.5 Å². The van der Waals surface area contributed by atoms with E-state index in [0.717, 1.165) is 0 Å². The van der Waals surface area contributed by atoms with Crippen molar-refractivity contribution in [2.75, 3.05) is 5.32 Å². The summed E-state index contributed by atoms with van der Waals surface area (Å²) in [6.45, 7) is 17.9. The van der Waals surface area contributed by atoms with Crippen LogP contribution in [0.15, 0.2) is 23.1 Å². The molecule has 0 unspecified atom stereocenters. The van der Waals surface area contributed by atoms with Gasteiger partial charge in [-0.05, 0) is 32.9 Å². The standard InChI is InChI=1S/C24H34N4O3Si2/c1-24(2,3)22(30)31-17-28-21(29)19-11-10-14-25-20(19)27-23(28)26-18(12-15-32(4,5)6)13-16-33(7,8)9/h10-11,14,18H,17H2,1-9H3,(H,25,26,27). The van der Waals surface area contributed by atoms with Crippen LogP contribution in [-0.2, 0) is 16.3 Å². The van der Waals surface area contributed by atoms with Gasteiger partial charge in [0.25, 0.3) is 5.56 Å². The lowest BCUT2D eigenvalue weighted by Gasteiger charge is -2.20. The molecule has 0 aliphatic heterocycles. The zero-order chi connectivity index (χ0) is 25.0. The Morgan fingerprint density at radius 1 is 1.12 bits per heavy atom. The van der Waals surface area contributed by atoms with Crippen LogP contribution in [0.1, 0.15) is 20.8 Å². The molecule has 0 atom stereocenters. The number of aromatic nitrogens is 3. The number of nitrogens with zero attached hydrogens (tertiary/aromatic N) is 3. The number of pyridine rings is 1. The summed E-state index contributed by atoms with van der Waals surface area (Å²) in [7, 11) is -3.32. The smallest absolute Gasteiger partial charge is 0.312 e. The van der Waals surface area contributed by atoms with Crippen molar-refractivity contribution < 1.29 is 9.53 Å². The van der Waals surface area contributed by atoms with Gasteiger partial charge in [0.2, 0.25) is 5.95 Å². The minimum atomic E-state index is -1.66. The Labute approximate surface area is 198 Å². The molecule has 1 N–H and O–H groups in total. The number of nitrogens with one attached hydrogen (secondary N) is 1. The second kappa shape index (κ2) is 9.94. The third-order valence-electron chi connectivity index (χ3n) is 4.12. The van der Waals surface area contributed by atoms with Crippen molar-refractivity contribution in [3.8, 4) is 22.9 Å². The summed E-state index contributed by atoms with van der Waals surface area (Å²) in [6, 6.07) is 2.80. The summed E-state index contributed by atoms with van der Waals surface area (Å²) in [5.41, 5.74) is 5.94. The van der Waals surface area contributed by atoms with Gasteiger partial charge in [0.15, 0.2) is 18.4 Å². The van der Waals surface area contributed by atoms with Gasteiger partial charge in [-0.25, -0.2) is 9.55 Å². The van der Waals surface area contributed by atoms with E-state index in [1.807, 2.05) is 0 Å². The first-order chi connectivity index (χ1) is 15.1. The SMILES string of the molecule is CC(C)(C)C(=O)OCn1c(NC(C#C[Si](C)(C)C)C#C[Si](C)(C)C)nc2ncccc2c1=O. The molecule has 7 nitrogen and oxygen atoms in total. The molecule has 176 valence electrons. The lowest BCUT2D eigenvalue weighted by Crippen LogP contribution is -2.32. The Bertz CT molecular complexity index is 1180. The summed E-state index contributed by atoms with van der Waals surface area (Å²) in [4.78, 5) is 34.3. The predicted molar refractivity (Wildman–Crippen MR) is 139 cm³/mol. The summed E-state index contributed by atoms with van der Waals surface area (Å²) < 4.78 is 6.74. The molecule has 0 amide bonds. The van der Waals surface area contributed by atoms with E-state index in [-0.39, 0.29) is 18.2 Å². The van der Waals surface area contributed by atoms with E-state index in [1.165, 1.54) is 4.57 Å². The molecule has 2 aromatic heterocycles. The molecule has 0 saturated heterocycles. The highest BCUT2D eigenvalue weighted by Crippen LogP contribution is 2.16. The van der Waals surface area contributed by atoms with Crippen molar-refractivity contribution in [3.63, 3.8) is 0 Å². The van der Waals surface area contributed by atoms with E-state index in [0.29, 0.717) is 11.0 Å². The van der Waals surface area contributed by atoms with Crippen LogP contribution < -0.4 is 10.9 Å². The molecule has 0 radical (unpaired) electrons. The van der Waals surface area contributed by atoms with Gasteiger partial charge in [-0.15, -0.1) is 11.1 Å².